The maximum atomic E-state index is 12.0. The van der Waals surface area contributed by atoms with Crippen molar-refractivity contribution >= 4 is 32.6 Å². The fourth-order valence-electron chi connectivity index (χ4n) is 3.06. The van der Waals surface area contributed by atoms with Gasteiger partial charge in [-0.2, -0.15) is 5.26 Å². The van der Waals surface area contributed by atoms with Crippen LogP contribution in [0.4, 0.5) is 11.5 Å². The van der Waals surface area contributed by atoms with Gasteiger partial charge in [0.1, 0.15) is 23.2 Å². The van der Waals surface area contributed by atoms with E-state index < -0.39 is 10.0 Å². The molecule has 4 heterocycles. The molecule has 0 radical (unpaired) electrons. The molecule has 4 aromatic rings. The van der Waals surface area contributed by atoms with Crippen LogP contribution in [-0.4, -0.2) is 46.9 Å². The number of pyridine rings is 2. The summed E-state index contributed by atoms with van der Waals surface area (Å²) in [6, 6.07) is 7.38. The molecule has 0 unspecified atom stereocenters. The number of sulfonamides is 1. The van der Waals surface area contributed by atoms with Crippen LogP contribution in [0, 0.1) is 18.3 Å². The van der Waals surface area contributed by atoms with E-state index in [1.54, 1.807) is 25.1 Å². The van der Waals surface area contributed by atoms with Gasteiger partial charge in [0.15, 0.2) is 0 Å². The van der Waals surface area contributed by atoms with Crippen LogP contribution in [0.1, 0.15) is 17.0 Å². The molecule has 0 spiro atoms. The first-order chi connectivity index (χ1) is 14.8. The molecule has 0 bridgehead atoms. The third-order valence-electron chi connectivity index (χ3n) is 4.65. The lowest BCUT2D eigenvalue weighted by Gasteiger charge is -2.19. The second-order valence-corrected chi connectivity index (χ2v) is 8.81. The topological polar surface area (TPSA) is 154 Å². The third-order valence-corrected chi connectivity index (χ3v) is 5.82. The van der Waals surface area contributed by atoms with E-state index in [4.69, 9.17) is 4.42 Å². The maximum absolute atomic E-state index is 12.0. The average molecular weight is 438 g/mol. The van der Waals surface area contributed by atoms with Crippen molar-refractivity contribution in [3.05, 3.63) is 47.6 Å². The van der Waals surface area contributed by atoms with Crippen molar-refractivity contribution in [3.8, 4) is 17.7 Å². The Kier molecular flexibility index (Phi) is 5.04. The Labute approximate surface area is 177 Å². The summed E-state index contributed by atoms with van der Waals surface area (Å²) in [5.41, 5.74) is 2.63. The normalized spacial score (nSPS) is 11.4. The fourth-order valence-corrected chi connectivity index (χ4v) is 3.54. The molecule has 0 aliphatic heterocycles. The molecule has 11 nitrogen and oxygen atoms in total. The molecule has 4 aromatic heterocycles. The van der Waals surface area contributed by atoms with Crippen LogP contribution in [0.3, 0.4) is 0 Å². The lowest BCUT2D eigenvalue weighted by Crippen LogP contribution is -2.27. The van der Waals surface area contributed by atoms with Crippen LogP contribution in [0.2, 0.25) is 0 Å². The van der Waals surface area contributed by atoms with Gasteiger partial charge in [-0.1, -0.05) is 6.07 Å². The van der Waals surface area contributed by atoms with Crippen molar-refractivity contribution in [2.75, 3.05) is 22.9 Å². The number of hydrogen-bond acceptors (Lipinski definition) is 9. The lowest BCUT2D eigenvalue weighted by molar-refractivity contribution is 0.531. The molecule has 0 atom stereocenters. The van der Waals surface area contributed by atoms with E-state index in [1.165, 1.54) is 19.4 Å². The zero-order valence-corrected chi connectivity index (χ0v) is 17.7. The molecule has 0 aliphatic carbocycles. The lowest BCUT2D eigenvalue weighted by atomic mass is 10.1. The highest BCUT2D eigenvalue weighted by Crippen LogP contribution is 2.31. The Morgan fingerprint density at radius 1 is 1.32 bits per heavy atom. The summed E-state index contributed by atoms with van der Waals surface area (Å²) in [7, 11) is -2.04. The number of aryl methyl sites for hydroxylation is 1. The van der Waals surface area contributed by atoms with Gasteiger partial charge >= 0.3 is 0 Å². The number of aromatic nitrogens is 5. The second-order valence-electron chi connectivity index (χ2n) is 6.80. The average Bonchev–Trinajstić information content (AvgIpc) is 3.37. The predicted molar refractivity (Wildman–Crippen MR) is 114 cm³/mol. The minimum absolute atomic E-state index is 0.233. The molecule has 0 saturated heterocycles. The molecule has 0 saturated carbocycles. The van der Waals surface area contributed by atoms with E-state index in [-0.39, 0.29) is 6.54 Å². The Hall–Kier alpha value is -3.98. The van der Waals surface area contributed by atoms with Gasteiger partial charge in [0, 0.05) is 43.9 Å². The molecule has 0 amide bonds. The van der Waals surface area contributed by atoms with E-state index in [9.17, 15) is 13.7 Å². The Morgan fingerprint density at radius 3 is 2.81 bits per heavy atom. The first-order valence-electron chi connectivity index (χ1n) is 9.12. The van der Waals surface area contributed by atoms with Gasteiger partial charge in [-0.05, 0) is 12.1 Å². The van der Waals surface area contributed by atoms with E-state index in [1.807, 2.05) is 0 Å². The van der Waals surface area contributed by atoms with E-state index >= 15 is 0 Å². The van der Waals surface area contributed by atoms with E-state index in [0.717, 1.165) is 10.6 Å². The summed E-state index contributed by atoms with van der Waals surface area (Å²) in [4.78, 5) is 11.6. The van der Waals surface area contributed by atoms with Gasteiger partial charge in [-0.15, -0.1) is 10.2 Å². The maximum Gasteiger partial charge on any atom is 0.264 e. The Bertz CT molecular complexity index is 1420. The molecular formula is C19H18N8O3S. The number of fused-ring (bicyclic) bond motifs is 1. The summed E-state index contributed by atoms with van der Waals surface area (Å²) in [5.74, 6) is 1.04. The van der Waals surface area contributed by atoms with E-state index in [2.05, 4.69) is 36.5 Å². The molecule has 12 heteroatoms. The minimum atomic E-state index is -3.48. The number of nitrogens with one attached hydrogen (secondary N) is 2. The quantitative estimate of drug-likeness (QED) is 0.461. The van der Waals surface area contributed by atoms with Crippen molar-refractivity contribution in [3.63, 3.8) is 0 Å². The van der Waals surface area contributed by atoms with Gasteiger partial charge in [-0.3, -0.25) is 4.31 Å². The van der Waals surface area contributed by atoms with Crippen molar-refractivity contribution in [1.29, 1.82) is 5.26 Å². The van der Waals surface area contributed by atoms with E-state index in [0.29, 0.717) is 51.1 Å². The standard InChI is InChI=1S/C19H18N8O3S/c1-11-25-26-19(30-11)15-7-14-16(13(8-20)10-23-17(14)24-15)22-9-12-5-4-6-21-18(12)27(2)31(3,28)29/h4-7,10H,9H2,1-3H3,(H2,22,23,24). The summed E-state index contributed by atoms with van der Waals surface area (Å²) >= 11 is 0. The number of hydrogen-bond donors (Lipinski definition) is 2. The Balaban J connectivity index is 1.72. The molecule has 0 aliphatic rings. The predicted octanol–water partition coefficient (Wildman–Crippen LogP) is 2.20. The number of rotatable bonds is 6. The van der Waals surface area contributed by atoms with Crippen molar-refractivity contribution in [1.82, 2.24) is 25.1 Å². The highest BCUT2D eigenvalue weighted by Gasteiger charge is 2.19. The van der Waals surface area contributed by atoms with Gasteiger partial charge in [-0.25, -0.2) is 18.4 Å². The van der Waals surface area contributed by atoms with Gasteiger partial charge in [0.25, 0.3) is 5.89 Å². The molecular weight excluding hydrogens is 420 g/mol. The Morgan fingerprint density at radius 2 is 2.13 bits per heavy atom. The summed E-state index contributed by atoms with van der Waals surface area (Å²) in [6.45, 7) is 1.92. The molecule has 31 heavy (non-hydrogen) atoms. The van der Waals surface area contributed by atoms with Crippen LogP contribution in [0.15, 0.2) is 35.0 Å². The number of aromatic amines is 1. The SMILES string of the molecule is Cc1nnc(-c2cc3c(NCc4cccnc4N(C)S(C)(=O)=O)c(C#N)cnc3[nH]2)o1. The molecule has 0 aromatic carbocycles. The number of anilines is 2. The summed E-state index contributed by atoms with van der Waals surface area (Å²) in [5, 5.41) is 21.3. The van der Waals surface area contributed by atoms with Gasteiger partial charge in [0.05, 0.1) is 17.5 Å². The summed E-state index contributed by atoms with van der Waals surface area (Å²) in [6.07, 6.45) is 4.09. The highest BCUT2D eigenvalue weighted by atomic mass is 32.2. The second kappa shape index (κ2) is 7.69. The molecule has 158 valence electrons. The third kappa shape index (κ3) is 3.90. The van der Waals surface area contributed by atoms with Crippen molar-refractivity contribution < 1.29 is 12.8 Å². The van der Waals surface area contributed by atoms with Gasteiger partial charge < -0.3 is 14.7 Å². The zero-order valence-electron chi connectivity index (χ0n) is 16.9. The number of nitriles is 1. The monoisotopic (exact) mass is 438 g/mol. The molecule has 4 rings (SSSR count). The van der Waals surface area contributed by atoms with Crippen LogP contribution in [0.5, 0.6) is 0 Å². The van der Waals surface area contributed by atoms with Crippen LogP contribution >= 0.6 is 0 Å². The highest BCUT2D eigenvalue weighted by molar-refractivity contribution is 7.92. The summed E-state index contributed by atoms with van der Waals surface area (Å²) < 4.78 is 30.5. The number of H-pyrrole nitrogens is 1. The number of nitrogens with zero attached hydrogens (tertiary/aromatic N) is 6. The largest absolute Gasteiger partial charge is 0.420 e. The zero-order chi connectivity index (χ0) is 22.2. The first kappa shape index (κ1) is 20.3. The van der Waals surface area contributed by atoms with Gasteiger partial charge in [0.2, 0.25) is 15.9 Å². The minimum Gasteiger partial charge on any atom is -0.420 e. The molecule has 2 N–H and O–H groups in total. The first-order valence-corrected chi connectivity index (χ1v) is 11.0. The smallest absolute Gasteiger partial charge is 0.264 e. The van der Waals surface area contributed by atoms with Crippen LogP contribution < -0.4 is 9.62 Å². The van der Waals surface area contributed by atoms with Crippen LogP contribution in [-0.2, 0) is 16.6 Å². The van der Waals surface area contributed by atoms with Crippen molar-refractivity contribution in [2.24, 2.45) is 0 Å². The van der Waals surface area contributed by atoms with Crippen LogP contribution in [0.25, 0.3) is 22.6 Å². The fraction of sp³-hybridized carbons (Fsp3) is 0.211. The molecule has 0 fully saturated rings. The van der Waals surface area contributed by atoms with Crippen molar-refractivity contribution in [2.45, 2.75) is 13.5 Å².